The summed E-state index contributed by atoms with van der Waals surface area (Å²) in [5, 5.41) is 10.1. The van der Waals surface area contributed by atoms with Crippen molar-refractivity contribution in [1.82, 2.24) is 9.47 Å². The monoisotopic (exact) mass is 316 g/mol. The molecule has 1 aliphatic rings. The molecule has 122 valence electrons. The number of rotatable bonds is 2. The maximum absolute atomic E-state index is 12.7. The van der Waals surface area contributed by atoms with Gasteiger partial charge >= 0.3 is 5.97 Å². The van der Waals surface area contributed by atoms with E-state index >= 15 is 0 Å². The molecular weight excluding hydrogens is 296 g/mol. The Morgan fingerprint density at radius 2 is 2.04 bits per heavy atom. The first kappa shape index (κ1) is 15.6. The van der Waals surface area contributed by atoms with Crippen LogP contribution in [0.1, 0.15) is 21.6 Å². The Balaban J connectivity index is 1.92. The van der Waals surface area contributed by atoms with Crippen molar-refractivity contribution in [3.63, 3.8) is 0 Å². The zero-order chi connectivity index (χ0) is 16.7. The molecule has 0 saturated carbocycles. The van der Waals surface area contributed by atoms with Crippen LogP contribution in [0.3, 0.4) is 0 Å². The van der Waals surface area contributed by atoms with Crippen molar-refractivity contribution in [3.8, 4) is 0 Å². The highest BCUT2D eigenvalue weighted by atomic mass is 16.5. The van der Waals surface area contributed by atoms with Crippen molar-refractivity contribution in [2.45, 2.75) is 20.0 Å². The van der Waals surface area contributed by atoms with E-state index in [4.69, 9.17) is 9.84 Å². The van der Waals surface area contributed by atoms with E-state index in [-0.39, 0.29) is 19.1 Å². The number of carbonyl (C=O) groups excluding carboxylic acids is 1. The molecule has 1 fully saturated rings. The van der Waals surface area contributed by atoms with Crippen molar-refractivity contribution >= 4 is 22.8 Å². The molecule has 0 radical (unpaired) electrons. The summed E-state index contributed by atoms with van der Waals surface area (Å²) in [6, 6.07) is 5.64. The van der Waals surface area contributed by atoms with Gasteiger partial charge < -0.3 is 19.3 Å². The van der Waals surface area contributed by atoms with Crippen molar-refractivity contribution in [1.29, 1.82) is 0 Å². The summed E-state index contributed by atoms with van der Waals surface area (Å²) in [7, 11) is 2.01. The fourth-order valence-electron chi connectivity index (χ4n) is 3.05. The smallest absolute Gasteiger partial charge is 0.334 e. The van der Waals surface area contributed by atoms with Gasteiger partial charge in [-0.1, -0.05) is 0 Å². The lowest BCUT2D eigenvalue weighted by atomic mass is 10.1. The minimum absolute atomic E-state index is 0.0823. The summed E-state index contributed by atoms with van der Waals surface area (Å²) in [5.74, 6) is -1.19. The minimum Gasteiger partial charge on any atom is -0.479 e. The zero-order valence-corrected chi connectivity index (χ0v) is 13.5. The molecule has 23 heavy (non-hydrogen) atoms. The first-order chi connectivity index (χ1) is 10.9. The predicted octanol–water partition coefficient (Wildman–Crippen LogP) is 1.72. The number of fused-ring (bicyclic) bond motifs is 1. The molecule has 2 heterocycles. The number of morpholine rings is 1. The van der Waals surface area contributed by atoms with Gasteiger partial charge in [0.1, 0.15) is 0 Å². The van der Waals surface area contributed by atoms with E-state index in [1.807, 2.05) is 26.1 Å². The third kappa shape index (κ3) is 2.59. The quantitative estimate of drug-likeness (QED) is 0.916. The molecule has 0 aliphatic carbocycles. The number of aromatic nitrogens is 1. The predicted molar refractivity (Wildman–Crippen MR) is 85.7 cm³/mol. The Morgan fingerprint density at radius 1 is 1.30 bits per heavy atom. The lowest BCUT2D eigenvalue weighted by molar-refractivity contribution is -0.154. The maximum atomic E-state index is 12.7. The maximum Gasteiger partial charge on any atom is 0.334 e. The number of benzene rings is 1. The molecule has 1 amide bonds. The largest absolute Gasteiger partial charge is 0.479 e. The Bertz CT molecular complexity index is 793. The number of aliphatic carboxylic acids is 1. The second-order valence-electron chi connectivity index (χ2n) is 5.95. The van der Waals surface area contributed by atoms with Crippen LogP contribution in [0.5, 0.6) is 0 Å². The fraction of sp³-hybridized carbons (Fsp3) is 0.412. The fourth-order valence-corrected chi connectivity index (χ4v) is 3.05. The van der Waals surface area contributed by atoms with Crippen LogP contribution in [0.15, 0.2) is 18.2 Å². The molecular formula is C17H20N2O4. The van der Waals surface area contributed by atoms with Crippen molar-refractivity contribution in [2.24, 2.45) is 7.05 Å². The zero-order valence-electron chi connectivity index (χ0n) is 13.5. The molecule has 6 heteroatoms. The minimum atomic E-state index is -1.03. The summed E-state index contributed by atoms with van der Waals surface area (Å²) in [5.41, 5.74) is 3.99. The summed E-state index contributed by atoms with van der Waals surface area (Å²) >= 11 is 0. The number of carbonyl (C=O) groups is 2. The van der Waals surface area contributed by atoms with Crippen molar-refractivity contribution in [2.75, 3.05) is 19.7 Å². The summed E-state index contributed by atoms with van der Waals surface area (Å²) in [6.07, 6.45) is -0.947. The van der Waals surface area contributed by atoms with Crippen LogP contribution in [0.4, 0.5) is 0 Å². The number of carboxylic acid groups (broad SMARTS) is 1. The van der Waals surface area contributed by atoms with Crippen LogP contribution in [0.2, 0.25) is 0 Å². The second-order valence-corrected chi connectivity index (χ2v) is 5.95. The molecule has 1 N–H and O–H groups in total. The van der Waals surface area contributed by atoms with Gasteiger partial charge in [-0.2, -0.15) is 0 Å². The van der Waals surface area contributed by atoms with E-state index in [0.29, 0.717) is 12.1 Å². The SMILES string of the molecule is Cc1c(C)n(C)c2ccc(C(=O)N3CCO[C@@H](C(=O)O)C3)cc12. The van der Waals surface area contributed by atoms with Gasteiger partial charge in [0, 0.05) is 35.8 Å². The number of nitrogens with zero attached hydrogens (tertiary/aromatic N) is 2. The van der Waals surface area contributed by atoms with Gasteiger partial charge in [0.05, 0.1) is 13.2 Å². The normalized spacial score (nSPS) is 18.4. The van der Waals surface area contributed by atoms with E-state index in [1.165, 1.54) is 5.69 Å². The van der Waals surface area contributed by atoms with E-state index in [1.54, 1.807) is 11.0 Å². The van der Waals surface area contributed by atoms with E-state index in [0.717, 1.165) is 16.5 Å². The van der Waals surface area contributed by atoms with Crippen LogP contribution in [-0.2, 0) is 16.6 Å². The topological polar surface area (TPSA) is 71.8 Å². The average molecular weight is 316 g/mol. The van der Waals surface area contributed by atoms with Gasteiger partial charge in [-0.25, -0.2) is 4.79 Å². The Kier molecular flexibility index (Phi) is 3.85. The number of amides is 1. The second kappa shape index (κ2) is 5.70. The third-order valence-corrected chi connectivity index (χ3v) is 4.68. The third-order valence-electron chi connectivity index (χ3n) is 4.68. The Morgan fingerprint density at radius 3 is 2.74 bits per heavy atom. The van der Waals surface area contributed by atoms with E-state index in [2.05, 4.69) is 11.5 Å². The van der Waals surface area contributed by atoms with Crippen LogP contribution in [0, 0.1) is 13.8 Å². The van der Waals surface area contributed by atoms with Gasteiger partial charge in [-0.15, -0.1) is 0 Å². The molecule has 1 aromatic carbocycles. The van der Waals surface area contributed by atoms with Gasteiger partial charge in [-0.3, -0.25) is 4.79 Å². The van der Waals surface area contributed by atoms with Crippen LogP contribution in [-0.4, -0.2) is 52.3 Å². The first-order valence-corrected chi connectivity index (χ1v) is 7.59. The van der Waals surface area contributed by atoms with Crippen LogP contribution >= 0.6 is 0 Å². The molecule has 0 unspecified atom stereocenters. The number of aryl methyl sites for hydroxylation is 2. The molecule has 2 aromatic rings. The molecule has 0 spiro atoms. The molecule has 1 aliphatic heterocycles. The van der Waals surface area contributed by atoms with Gasteiger partial charge in [0.25, 0.3) is 5.91 Å². The first-order valence-electron chi connectivity index (χ1n) is 7.59. The molecule has 1 saturated heterocycles. The van der Waals surface area contributed by atoms with Gasteiger partial charge in [-0.05, 0) is 37.6 Å². The Hall–Kier alpha value is -2.34. The molecule has 1 aromatic heterocycles. The summed E-state index contributed by atoms with van der Waals surface area (Å²) in [4.78, 5) is 25.3. The number of hydrogen-bond acceptors (Lipinski definition) is 3. The van der Waals surface area contributed by atoms with Gasteiger partial charge in [0.2, 0.25) is 0 Å². The summed E-state index contributed by atoms with van der Waals surface area (Å²) < 4.78 is 7.27. The molecule has 3 rings (SSSR count). The molecule has 0 bridgehead atoms. The standard InChI is InChI=1S/C17H20N2O4/c1-10-11(2)18(3)14-5-4-12(8-13(10)14)16(20)19-6-7-23-15(9-19)17(21)22/h4-5,8,15H,6-7,9H2,1-3H3,(H,21,22)/t15-/m1/s1. The van der Waals surface area contributed by atoms with Crippen molar-refractivity contribution in [3.05, 3.63) is 35.0 Å². The average Bonchev–Trinajstić information content (AvgIpc) is 2.78. The van der Waals surface area contributed by atoms with Crippen molar-refractivity contribution < 1.29 is 19.4 Å². The number of ether oxygens (including phenoxy) is 1. The number of hydrogen-bond donors (Lipinski definition) is 1. The highest BCUT2D eigenvalue weighted by molar-refractivity contribution is 5.99. The van der Waals surface area contributed by atoms with Crippen LogP contribution < -0.4 is 0 Å². The van der Waals surface area contributed by atoms with Crippen LogP contribution in [0.25, 0.3) is 10.9 Å². The lowest BCUT2D eigenvalue weighted by Gasteiger charge is -2.31. The molecule has 1 atom stereocenters. The number of carboxylic acids is 1. The van der Waals surface area contributed by atoms with Gasteiger partial charge in [0.15, 0.2) is 6.10 Å². The van der Waals surface area contributed by atoms with E-state index < -0.39 is 12.1 Å². The highest BCUT2D eigenvalue weighted by Gasteiger charge is 2.29. The van der Waals surface area contributed by atoms with E-state index in [9.17, 15) is 9.59 Å². The highest BCUT2D eigenvalue weighted by Crippen LogP contribution is 2.25. The Labute approximate surface area is 134 Å². The summed E-state index contributed by atoms with van der Waals surface area (Å²) in [6.45, 7) is 4.83. The molecule has 6 nitrogen and oxygen atoms in total. The lowest BCUT2D eigenvalue weighted by Crippen LogP contribution is -2.48.